The van der Waals surface area contributed by atoms with Crippen molar-refractivity contribution in [2.45, 2.75) is 57.7 Å². The van der Waals surface area contributed by atoms with Gasteiger partial charge in [0, 0.05) is 44.1 Å². The third kappa shape index (κ3) is 4.35. The van der Waals surface area contributed by atoms with Gasteiger partial charge in [-0.05, 0) is 51.2 Å². The fourth-order valence-corrected chi connectivity index (χ4v) is 5.60. The highest BCUT2D eigenvalue weighted by atomic mass is 32.1. The number of fused-ring (bicyclic) bond motifs is 2. The minimum absolute atomic E-state index is 0.0334. The monoisotopic (exact) mass is 404 g/mol. The smallest absolute Gasteiger partial charge is 0.261 e. The Hall–Kier alpha value is -1.21. The zero-order valence-corrected chi connectivity index (χ0v) is 17.9. The van der Waals surface area contributed by atoms with Crippen LogP contribution in [0.5, 0.6) is 0 Å². The number of rotatable bonds is 5. The van der Waals surface area contributed by atoms with Crippen LogP contribution >= 0.6 is 11.3 Å². The van der Waals surface area contributed by atoms with Crippen molar-refractivity contribution in [1.29, 1.82) is 0 Å². The molecule has 28 heavy (non-hydrogen) atoms. The van der Waals surface area contributed by atoms with Crippen molar-refractivity contribution in [2.75, 3.05) is 39.4 Å². The normalized spacial score (nSPS) is 24.1. The number of nitrogens with one attached hydrogen (secondary N) is 1. The maximum atomic E-state index is 12.7. The number of carbonyl (C=O) groups excluding carboxylic acids is 1. The van der Waals surface area contributed by atoms with Crippen LogP contribution < -0.4 is 5.32 Å². The van der Waals surface area contributed by atoms with Crippen molar-refractivity contribution < 1.29 is 14.3 Å². The molecule has 0 aliphatic carbocycles. The number of likely N-dealkylation sites (tertiary alicyclic amines) is 1. The van der Waals surface area contributed by atoms with Crippen LogP contribution in [0.2, 0.25) is 0 Å². The van der Waals surface area contributed by atoms with E-state index >= 15 is 0 Å². The Bertz CT molecular complexity index is 724. The minimum Gasteiger partial charge on any atom is -0.376 e. The van der Waals surface area contributed by atoms with Gasteiger partial charge in [-0.1, -0.05) is 11.6 Å². The van der Waals surface area contributed by atoms with E-state index in [0.29, 0.717) is 6.54 Å². The lowest BCUT2D eigenvalue weighted by Crippen LogP contribution is -2.46. The quantitative estimate of drug-likeness (QED) is 0.764. The first-order chi connectivity index (χ1) is 13.6. The molecule has 4 rings (SSSR count). The maximum Gasteiger partial charge on any atom is 0.261 e. The van der Waals surface area contributed by atoms with Gasteiger partial charge in [-0.2, -0.15) is 0 Å². The number of hydrogen-bond donors (Lipinski definition) is 1. The number of amides is 1. The lowest BCUT2D eigenvalue weighted by atomic mass is 9.82. The highest BCUT2D eigenvalue weighted by Gasteiger charge is 2.42. The molecule has 1 amide bonds. The molecule has 3 aliphatic heterocycles. The van der Waals surface area contributed by atoms with E-state index < -0.39 is 0 Å². The van der Waals surface area contributed by atoms with Crippen LogP contribution in [0.3, 0.4) is 0 Å². The minimum atomic E-state index is -0.196. The molecule has 0 bridgehead atoms. The Kier molecular flexibility index (Phi) is 6.21. The van der Waals surface area contributed by atoms with Crippen molar-refractivity contribution in [3.63, 3.8) is 0 Å². The molecule has 1 aromatic heterocycles. The number of ether oxygens (including phenoxy) is 2. The van der Waals surface area contributed by atoms with Crippen LogP contribution in [0, 0.1) is 0 Å². The second-order valence-electron chi connectivity index (χ2n) is 8.47. The molecule has 0 saturated carbocycles. The van der Waals surface area contributed by atoms with Gasteiger partial charge in [0.15, 0.2) is 0 Å². The van der Waals surface area contributed by atoms with Gasteiger partial charge >= 0.3 is 0 Å². The number of piperidine rings is 1. The summed E-state index contributed by atoms with van der Waals surface area (Å²) in [6, 6.07) is 2.11. The molecular weight excluding hydrogens is 372 g/mol. The molecule has 1 spiro atoms. The molecule has 1 N–H and O–H groups in total. The maximum absolute atomic E-state index is 12.7. The van der Waals surface area contributed by atoms with Gasteiger partial charge in [0.2, 0.25) is 0 Å². The molecular formula is C22H32N2O3S. The van der Waals surface area contributed by atoms with E-state index in [1.807, 2.05) is 0 Å². The van der Waals surface area contributed by atoms with Gasteiger partial charge in [-0.3, -0.25) is 9.69 Å². The number of thiophene rings is 1. The summed E-state index contributed by atoms with van der Waals surface area (Å²) in [5.41, 5.74) is 2.44. The average Bonchev–Trinajstić information content (AvgIpc) is 3.36. The Morgan fingerprint density at radius 1 is 1.36 bits per heavy atom. The SMILES string of the molecule is CC(C)=CCN1CCC2(CC1)OCCc1sc(C(=O)NCC3CCCO3)cc12. The first kappa shape index (κ1) is 20.1. The molecule has 3 aliphatic rings. The van der Waals surface area contributed by atoms with E-state index in [1.165, 1.54) is 16.0 Å². The Morgan fingerprint density at radius 2 is 2.18 bits per heavy atom. The second-order valence-corrected chi connectivity index (χ2v) is 9.60. The lowest BCUT2D eigenvalue weighted by molar-refractivity contribution is -0.0958. The summed E-state index contributed by atoms with van der Waals surface area (Å²) in [6.07, 6.45) is 7.54. The number of allylic oxidation sites excluding steroid dienone is 1. The fraction of sp³-hybridized carbons (Fsp3) is 0.682. The number of hydrogen-bond acceptors (Lipinski definition) is 5. The fourth-order valence-electron chi connectivity index (χ4n) is 4.45. The summed E-state index contributed by atoms with van der Waals surface area (Å²) in [5, 5.41) is 3.07. The Balaban J connectivity index is 1.42. The van der Waals surface area contributed by atoms with Gasteiger partial charge in [-0.25, -0.2) is 0 Å². The number of carbonyl (C=O) groups is 1. The van der Waals surface area contributed by atoms with Gasteiger partial charge in [0.25, 0.3) is 5.91 Å². The van der Waals surface area contributed by atoms with E-state index in [9.17, 15) is 4.79 Å². The summed E-state index contributed by atoms with van der Waals surface area (Å²) in [5.74, 6) is 0.0334. The Morgan fingerprint density at radius 3 is 2.89 bits per heavy atom. The molecule has 154 valence electrons. The topological polar surface area (TPSA) is 50.8 Å². The second kappa shape index (κ2) is 8.66. The lowest BCUT2D eigenvalue weighted by Gasteiger charge is -2.44. The largest absolute Gasteiger partial charge is 0.376 e. The summed E-state index contributed by atoms with van der Waals surface area (Å²) < 4.78 is 12.0. The van der Waals surface area contributed by atoms with Crippen LogP contribution in [0.4, 0.5) is 0 Å². The predicted molar refractivity (Wildman–Crippen MR) is 112 cm³/mol. The van der Waals surface area contributed by atoms with E-state index in [2.05, 4.69) is 36.2 Å². The molecule has 1 aromatic rings. The highest BCUT2D eigenvalue weighted by molar-refractivity contribution is 7.14. The van der Waals surface area contributed by atoms with E-state index in [0.717, 1.165) is 69.8 Å². The zero-order valence-electron chi connectivity index (χ0n) is 17.1. The molecule has 2 fully saturated rings. The van der Waals surface area contributed by atoms with Crippen molar-refractivity contribution in [2.24, 2.45) is 0 Å². The third-order valence-corrected chi connectivity index (χ3v) is 7.36. The van der Waals surface area contributed by atoms with Crippen molar-refractivity contribution in [1.82, 2.24) is 10.2 Å². The standard InChI is InChI=1S/C22H32N2O3S/c1-16(2)5-9-24-10-7-22(8-11-24)18-14-20(28-19(18)6-13-27-22)21(25)23-15-17-4-3-12-26-17/h5,14,17H,3-4,6-13,15H2,1-2H3,(H,23,25). The summed E-state index contributed by atoms with van der Waals surface area (Å²) >= 11 is 1.65. The molecule has 2 saturated heterocycles. The van der Waals surface area contributed by atoms with Crippen molar-refractivity contribution >= 4 is 17.2 Å². The van der Waals surface area contributed by atoms with E-state index in [-0.39, 0.29) is 17.6 Å². The first-order valence-corrected chi connectivity index (χ1v) is 11.4. The van der Waals surface area contributed by atoms with Crippen LogP contribution in [0.15, 0.2) is 17.7 Å². The van der Waals surface area contributed by atoms with Crippen LogP contribution in [-0.2, 0) is 21.5 Å². The highest BCUT2D eigenvalue weighted by Crippen LogP contribution is 2.44. The van der Waals surface area contributed by atoms with E-state index in [4.69, 9.17) is 9.47 Å². The predicted octanol–water partition coefficient (Wildman–Crippen LogP) is 3.49. The number of nitrogens with zero attached hydrogens (tertiary/aromatic N) is 1. The van der Waals surface area contributed by atoms with Gasteiger partial charge in [-0.15, -0.1) is 11.3 Å². The summed E-state index contributed by atoms with van der Waals surface area (Å²) in [7, 11) is 0. The molecule has 5 nitrogen and oxygen atoms in total. The molecule has 4 heterocycles. The van der Waals surface area contributed by atoms with Gasteiger partial charge in [0.1, 0.15) is 0 Å². The Labute approximate surface area is 172 Å². The summed E-state index contributed by atoms with van der Waals surface area (Å²) in [6.45, 7) is 9.60. The van der Waals surface area contributed by atoms with Crippen molar-refractivity contribution in [3.8, 4) is 0 Å². The molecule has 1 atom stereocenters. The van der Waals surface area contributed by atoms with Crippen LogP contribution in [-0.4, -0.2) is 56.3 Å². The molecule has 6 heteroatoms. The van der Waals surface area contributed by atoms with Crippen LogP contribution in [0.25, 0.3) is 0 Å². The first-order valence-electron chi connectivity index (χ1n) is 10.6. The van der Waals surface area contributed by atoms with Crippen LogP contribution in [0.1, 0.15) is 59.6 Å². The summed E-state index contributed by atoms with van der Waals surface area (Å²) in [4.78, 5) is 17.3. The molecule has 0 aromatic carbocycles. The third-order valence-electron chi connectivity index (χ3n) is 6.17. The molecule has 0 radical (unpaired) electrons. The van der Waals surface area contributed by atoms with Gasteiger partial charge < -0.3 is 14.8 Å². The molecule has 1 unspecified atom stereocenters. The average molecular weight is 405 g/mol. The van der Waals surface area contributed by atoms with E-state index in [1.54, 1.807) is 11.3 Å². The van der Waals surface area contributed by atoms with Crippen molar-refractivity contribution in [3.05, 3.63) is 33.0 Å². The van der Waals surface area contributed by atoms with Gasteiger partial charge in [0.05, 0.1) is 23.2 Å². The zero-order chi connectivity index (χ0) is 19.6.